The number of benzene rings is 1. The first-order valence-electron chi connectivity index (χ1n) is 3.08. The third-order valence-corrected chi connectivity index (χ3v) is 2.51. The number of hydrogen-bond acceptors (Lipinski definition) is 4. The maximum absolute atomic E-state index is 11.0. The summed E-state index contributed by atoms with van der Waals surface area (Å²) < 4.78 is 22.0. The molecule has 0 bridgehead atoms. The number of nitrogens with one attached hydrogen (secondary N) is 1. The quantitative estimate of drug-likeness (QED) is 0.432. The number of nitrogens with two attached hydrogens (primary N) is 1. The molecule has 6 heteroatoms. The number of sulfonamides is 1. The van der Waals surface area contributed by atoms with E-state index in [2.05, 4.69) is 0 Å². The fraction of sp³-hybridized carbons (Fsp3) is 0. The van der Waals surface area contributed by atoms with Crippen molar-refractivity contribution in [3.63, 3.8) is 0 Å². The van der Waals surface area contributed by atoms with Gasteiger partial charge in [0.1, 0.15) is 5.75 Å². The summed E-state index contributed by atoms with van der Waals surface area (Å²) >= 11 is 0. The Bertz CT molecular complexity index is 357. The van der Waals surface area contributed by atoms with Crippen LogP contribution in [0.15, 0.2) is 29.2 Å². The van der Waals surface area contributed by atoms with Crippen LogP contribution in [0, 0.1) is 0 Å². The first-order chi connectivity index (χ1) is 5.56. The first-order valence-corrected chi connectivity index (χ1v) is 4.56. The largest absolute Gasteiger partial charge is 0.508 e. The fourth-order valence-corrected chi connectivity index (χ4v) is 1.32. The maximum Gasteiger partial charge on any atom is 0.253 e. The molecular weight excluding hydrogens is 180 g/mol. The number of rotatable bonds is 2. The minimum Gasteiger partial charge on any atom is -0.508 e. The minimum atomic E-state index is -3.60. The molecule has 1 aromatic rings. The normalized spacial score (nSPS) is 11.4. The minimum absolute atomic E-state index is 0.00553. The van der Waals surface area contributed by atoms with Crippen LogP contribution in [-0.4, -0.2) is 13.5 Å². The highest BCUT2D eigenvalue weighted by Gasteiger charge is 2.10. The second-order valence-electron chi connectivity index (χ2n) is 2.12. The monoisotopic (exact) mass is 188 g/mol. The van der Waals surface area contributed by atoms with Crippen molar-refractivity contribution in [3.8, 4) is 5.75 Å². The molecule has 0 fully saturated rings. The molecule has 0 saturated heterocycles. The molecule has 5 nitrogen and oxygen atoms in total. The van der Waals surface area contributed by atoms with Crippen molar-refractivity contribution in [1.29, 1.82) is 0 Å². The Morgan fingerprint density at radius 1 is 1.25 bits per heavy atom. The van der Waals surface area contributed by atoms with Crippen molar-refractivity contribution < 1.29 is 13.5 Å². The van der Waals surface area contributed by atoms with Crippen LogP contribution in [0.3, 0.4) is 0 Å². The lowest BCUT2D eigenvalue weighted by Gasteiger charge is -2.00. The summed E-state index contributed by atoms with van der Waals surface area (Å²) in [5, 5.41) is 8.85. The van der Waals surface area contributed by atoms with Crippen molar-refractivity contribution in [3.05, 3.63) is 24.3 Å². The van der Waals surface area contributed by atoms with E-state index in [1.165, 1.54) is 24.3 Å². The Balaban J connectivity index is 3.14. The van der Waals surface area contributed by atoms with Gasteiger partial charge in [0.2, 0.25) is 0 Å². The molecule has 12 heavy (non-hydrogen) atoms. The molecule has 66 valence electrons. The number of hydrogen-bond donors (Lipinski definition) is 3. The van der Waals surface area contributed by atoms with E-state index in [0.29, 0.717) is 0 Å². The number of hydrazine groups is 1. The molecule has 0 spiro atoms. The van der Waals surface area contributed by atoms with Crippen LogP contribution in [0.4, 0.5) is 0 Å². The molecule has 0 amide bonds. The molecule has 0 aromatic heterocycles. The van der Waals surface area contributed by atoms with Gasteiger partial charge in [0, 0.05) is 0 Å². The summed E-state index contributed by atoms with van der Waals surface area (Å²) in [5.41, 5.74) is 0. The standard InChI is InChI=1S/C6H8N2O3S/c7-8-12(10,11)6-3-1-5(9)2-4-6/h1-4,8-9H,7H2. The van der Waals surface area contributed by atoms with Gasteiger partial charge in [-0.2, -0.15) is 4.83 Å². The van der Waals surface area contributed by atoms with Crippen LogP contribution in [0.2, 0.25) is 0 Å². The van der Waals surface area contributed by atoms with Crippen LogP contribution >= 0.6 is 0 Å². The second-order valence-corrected chi connectivity index (χ2v) is 3.83. The van der Waals surface area contributed by atoms with Gasteiger partial charge in [-0.15, -0.1) is 0 Å². The molecule has 1 rings (SSSR count). The van der Waals surface area contributed by atoms with Crippen LogP contribution in [-0.2, 0) is 10.0 Å². The van der Waals surface area contributed by atoms with E-state index < -0.39 is 10.0 Å². The van der Waals surface area contributed by atoms with Crippen molar-refractivity contribution >= 4 is 10.0 Å². The molecule has 0 unspecified atom stereocenters. The molecule has 1 aromatic carbocycles. The smallest absolute Gasteiger partial charge is 0.253 e. The molecular formula is C6H8N2O3S. The predicted octanol–water partition coefficient (Wildman–Crippen LogP) is -0.456. The van der Waals surface area contributed by atoms with Gasteiger partial charge in [0.05, 0.1) is 4.90 Å². The zero-order valence-corrected chi connectivity index (χ0v) is 6.88. The highest BCUT2D eigenvalue weighted by molar-refractivity contribution is 7.89. The number of phenols is 1. The van der Waals surface area contributed by atoms with Gasteiger partial charge in [-0.1, -0.05) is 0 Å². The number of phenolic OH excluding ortho intramolecular Hbond substituents is 1. The van der Waals surface area contributed by atoms with Crippen LogP contribution in [0.1, 0.15) is 0 Å². The van der Waals surface area contributed by atoms with Gasteiger partial charge in [-0.3, -0.25) is 5.84 Å². The second kappa shape index (κ2) is 3.10. The Morgan fingerprint density at radius 2 is 1.75 bits per heavy atom. The topological polar surface area (TPSA) is 92.4 Å². The van der Waals surface area contributed by atoms with Gasteiger partial charge in [-0.05, 0) is 24.3 Å². The zero-order valence-electron chi connectivity index (χ0n) is 6.06. The zero-order chi connectivity index (χ0) is 9.19. The van der Waals surface area contributed by atoms with E-state index in [4.69, 9.17) is 10.9 Å². The van der Waals surface area contributed by atoms with Gasteiger partial charge < -0.3 is 5.11 Å². The third kappa shape index (κ3) is 1.73. The fourth-order valence-electron chi connectivity index (χ4n) is 0.693. The van der Waals surface area contributed by atoms with Crippen LogP contribution in [0.25, 0.3) is 0 Å². The highest BCUT2D eigenvalue weighted by atomic mass is 32.2. The van der Waals surface area contributed by atoms with Crippen molar-refractivity contribution in [1.82, 2.24) is 4.83 Å². The van der Waals surface area contributed by atoms with Crippen molar-refractivity contribution in [2.45, 2.75) is 4.90 Å². The molecule has 0 saturated carbocycles. The first kappa shape index (κ1) is 8.98. The molecule has 4 N–H and O–H groups in total. The molecule has 0 radical (unpaired) electrons. The van der Waals surface area contributed by atoms with Crippen LogP contribution < -0.4 is 10.7 Å². The van der Waals surface area contributed by atoms with Crippen LogP contribution in [0.5, 0.6) is 5.75 Å². The van der Waals surface area contributed by atoms with Gasteiger partial charge >= 0.3 is 0 Å². The van der Waals surface area contributed by atoms with E-state index in [1.54, 1.807) is 4.83 Å². The summed E-state index contributed by atoms with van der Waals surface area (Å²) in [5.74, 6) is 4.78. The average molecular weight is 188 g/mol. The van der Waals surface area contributed by atoms with Gasteiger partial charge in [-0.25, -0.2) is 8.42 Å². The Labute approximate surface area is 69.8 Å². The summed E-state index contributed by atoms with van der Waals surface area (Å²) in [7, 11) is -3.60. The Morgan fingerprint density at radius 3 is 2.17 bits per heavy atom. The van der Waals surface area contributed by atoms with E-state index in [0.717, 1.165) is 0 Å². The van der Waals surface area contributed by atoms with E-state index in [-0.39, 0.29) is 10.6 Å². The Kier molecular flexibility index (Phi) is 2.32. The highest BCUT2D eigenvalue weighted by Crippen LogP contribution is 2.13. The number of aromatic hydroxyl groups is 1. The lowest BCUT2D eigenvalue weighted by molar-refractivity contribution is 0.474. The lowest BCUT2D eigenvalue weighted by Crippen LogP contribution is -2.30. The predicted molar refractivity (Wildman–Crippen MR) is 42.6 cm³/mol. The van der Waals surface area contributed by atoms with E-state index in [1.807, 2.05) is 0 Å². The summed E-state index contributed by atoms with van der Waals surface area (Å²) in [6, 6.07) is 5.05. The van der Waals surface area contributed by atoms with E-state index in [9.17, 15) is 8.42 Å². The maximum atomic E-state index is 11.0. The van der Waals surface area contributed by atoms with Gasteiger partial charge in [0.15, 0.2) is 0 Å². The summed E-state index contributed by atoms with van der Waals surface area (Å²) in [6.45, 7) is 0. The van der Waals surface area contributed by atoms with E-state index >= 15 is 0 Å². The molecule has 0 atom stereocenters. The van der Waals surface area contributed by atoms with Gasteiger partial charge in [0.25, 0.3) is 10.0 Å². The van der Waals surface area contributed by atoms with Crippen molar-refractivity contribution in [2.24, 2.45) is 5.84 Å². The summed E-state index contributed by atoms with van der Waals surface area (Å²) in [6.07, 6.45) is 0. The van der Waals surface area contributed by atoms with Crippen molar-refractivity contribution in [2.75, 3.05) is 0 Å². The summed E-state index contributed by atoms with van der Waals surface area (Å²) in [4.78, 5) is 1.68. The molecule has 0 aliphatic heterocycles. The molecule has 0 aliphatic rings. The third-order valence-electron chi connectivity index (χ3n) is 1.30. The molecule has 0 heterocycles. The average Bonchev–Trinajstić information content (AvgIpc) is 2.05. The SMILES string of the molecule is NNS(=O)(=O)c1ccc(O)cc1. The Hall–Kier alpha value is -1.11. The lowest BCUT2D eigenvalue weighted by atomic mass is 10.3. The molecule has 0 aliphatic carbocycles.